The Labute approximate surface area is 152 Å². The number of carbonyl (C=O) groups excluding carboxylic acids is 1. The molecular formula is C19H25FN4O2. The number of carbonyl (C=O) groups is 1. The van der Waals surface area contributed by atoms with E-state index in [1.807, 2.05) is 30.0 Å². The van der Waals surface area contributed by atoms with E-state index in [0.717, 1.165) is 30.8 Å². The van der Waals surface area contributed by atoms with Crippen LogP contribution < -0.4 is 4.74 Å². The summed E-state index contributed by atoms with van der Waals surface area (Å²) < 4.78 is 19.0. The van der Waals surface area contributed by atoms with Gasteiger partial charge in [-0.1, -0.05) is 12.1 Å². The van der Waals surface area contributed by atoms with Crippen LogP contribution in [0.25, 0.3) is 0 Å². The van der Waals surface area contributed by atoms with E-state index in [4.69, 9.17) is 4.74 Å². The van der Waals surface area contributed by atoms with Gasteiger partial charge in [0.2, 0.25) is 5.91 Å². The smallest absolute Gasteiger partial charge is 0.237 e. The summed E-state index contributed by atoms with van der Waals surface area (Å²) in [5, 5.41) is 7.40. The fourth-order valence-corrected chi connectivity index (χ4v) is 3.24. The number of halogens is 1. The van der Waals surface area contributed by atoms with E-state index in [-0.39, 0.29) is 23.5 Å². The fourth-order valence-electron chi connectivity index (χ4n) is 3.24. The SMILES string of the molecule is CN(C)CC(=O)N1CCCC1c1cc(CCOc2ccccc2F)[nH]n1. The number of aromatic amines is 1. The molecule has 0 radical (unpaired) electrons. The molecule has 6 nitrogen and oxygen atoms in total. The van der Waals surface area contributed by atoms with Crippen molar-refractivity contribution in [2.45, 2.75) is 25.3 Å². The van der Waals surface area contributed by atoms with Crippen molar-refractivity contribution in [2.24, 2.45) is 0 Å². The molecule has 1 aliphatic heterocycles. The highest BCUT2D eigenvalue weighted by atomic mass is 19.1. The number of H-pyrrole nitrogens is 1. The summed E-state index contributed by atoms with van der Waals surface area (Å²) in [6.07, 6.45) is 2.51. The van der Waals surface area contributed by atoms with E-state index < -0.39 is 0 Å². The van der Waals surface area contributed by atoms with Gasteiger partial charge in [0.05, 0.1) is 24.9 Å². The molecule has 2 aromatic rings. The van der Waals surface area contributed by atoms with E-state index in [2.05, 4.69) is 10.2 Å². The van der Waals surface area contributed by atoms with E-state index >= 15 is 0 Å². The van der Waals surface area contributed by atoms with Gasteiger partial charge in [-0.2, -0.15) is 5.10 Å². The molecule has 2 heterocycles. The van der Waals surface area contributed by atoms with Crippen LogP contribution in [0.1, 0.15) is 30.3 Å². The number of ether oxygens (including phenoxy) is 1. The lowest BCUT2D eigenvalue weighted by Crippen LogP contribution is -2.37. The quantitative estimate of drug-likeness (QED) is 0.824. The van der Waals surface area contributed by atoms with Crippen molar-refractivity contribution in [2.75, 3.05) is 33.8 Å². The number of amides is 1. The summed E-state index contributed by atoms with van der Waals surface area (Å²) in [6.45, 7) is 1.54. The second-order valence-electron chi connectivity index (χ2n) is 6.83. The molecule has 1 fully saturated rings. The number of para-hydroxylation sites is 1. The highest BCUT2D eigenvalue weighted by Gasteiger charge is 2.31. The minimum Gasteiger partial charge on any atom is -0.490 e. The molecule has 0 saturated carbocycles. The summed E-state index contributed by atoms with van der Waals surface area (Å²) in [5.74, 6) is 0.0206. The zero-order chi connectivity index (χ0) is 18.5. The number of likely N-dealkylation sites (N-methyl/N-ethyl adjacent to an activating group) is 1. The van der Waals surface area contributed by atoms with Gasteiger partial charge in [0.1, 0.15) is 0 Å². The van der Waals surface area contributed by atoms with Gasteiger partial charge in [-0.3, -0.25) is 9.89 Å². The average molecular weight is 360 g/mol. The van der Waals surface area contributed by atoms with Gasteiger partial charge < -0.3 is 14.5 Å². The van der Waals surface area contributed by atoms with Crippen molar-refractivity contribution in [3.8, 4) is 5.75 Å². The van der Waals surface area contributed by atoms with Crippen LogP contribution in [0.2, 0.25) is 0 Å². The van der Waals surface area contributed by atoms with Crippen LogP contribution in [0.5, 0.6) is 5.75 Å². The van der Waals surface area contributed by atoms with Gasteiger partial charge in [-0.05, 0) is 45.1 Å². The van der Waals surface area contributed by atoms with Crippen molar-refractivity contribution in [1.29, 1.82) is 0 Å². The topological polar surface area (TPSA) is 61.5 Å². The van der Waals surface area contributed by atoms with Crippen LogP contribution >= 0.6 is 0 Å². The monoisotopic (exact) mass is 360 g/mol. The van der Waals surface area contributed by atoms with Crippen molar-refractivity contribution >= 4 is 5.91 Å². The number of aromatic nitrogens is 2. The molecule has 1 aliphatic rings. The number of nitrogens with zero attached hydrogens (tertiary/aromatic N) is 3. The molecule has 1 atom stereocenters. The lowest BCUT2D eigenvalue weighted by molar-refractivity contribution is -0.132. The Bertz CT molecular complexity index is 747. The van der Waals surface area contributed by atoms with Gasteiger partial charge >= 0.3 is 0 Å². The molecule has 0 bridgehead atoms. The molecule has 1 aromatic carbocycles. The molecule has 0 aliphatic carbocycles. The maximum atomic E-state index is 13.5. The summed E-state index contributed by atoms with van der Waals surface area (Å²) >= 11 is 0. The Morgan fingerprint density at radius 3 is 3.00 bits per heavy atom. The lowest BCUT2D eigenvalue weighted by Gasteiger charge is -2.24. The molecule has 3 rings (SSSR count). The molecule has 26 heavy (non-hydrogen) atoms. The van der Waals surface area contributed by atoms with Crippen LogP contribution in [0.4, 0.5) is 4.39 Å². The highest BCUT2D eigenvalue weighted by molar-refractivity contribution is 5.79. The molecule has 1 unspecified atom stereocenters. The predicted octanol–water partition coefficient (Wildman–Crippen LogP) is 2.40. The van der Waals surface area contributed by atoms with Gasteiger partial charge in [-0.25, -0.2) is 4.39 Å². The molecule has 7 heteroatoms. The number of nitrogens with one attached hydrogen (secondary N) is 1. The molecule has 1 saturated heterocycles. The molecular weight excluding hydrogens is 335 g/mol. The van der Waals surface area contributed by atoms with Crippen LogP contribution in [0, 0.1) is 5.82 Å². The number of benzene rings is 1. The maximum absolute atomic E-state index is 13.5. The molecule has 1 aromatic heterocycles. The Kier molecular flexibility index (Phi) is 5.88. The van der Waals surface area contributed by atoms with E-state index in [0.29, 0.717) is 19.6 Å². The van der Waals surface area contributed by atoms with Gasteiger partial charge in [0, 0.05) is 18.7 Å². The average Bonchev–Trinajstić information content (AvgIpc) is 3.24. The first-order chi connectivity index (χ1) is 12.5. The van der Waals surface area contributed by atoms with Crippen LogP contribution in [-0.2, 0) is 11.2 Å². The fraction of sp³-hybridized carbons (Fsp3) is 0.474. The normalized spacial score (nSPS) is 17.1. The molecule has 0 spiro atoms. The maximum Gasteiger partial charge on any atom is 0.237 e. The minimum atomic E-state index is -0.362. The summed E-state index contributed by atoms with van der Waals surface area (Å²) in [7, 11) is 3.79. The third kappa shape index (κ3) is 4.40. The lowest BCUT2D eigenvalue weighted by atomic mass is 10.1. The van der Waals surface area contributed by atoms with Crippen LogP contribution in [-0.4, -0.2) is 59.7 Å². The first-order valence-electron chi connectivity index (χ1n) is 8.90. The minimum absolute atomic E-state index is 0.0277. The Balaban J connectivity index is 1.57. The number of likely N-dealkylation sites (tertiary alicyclic amines) is 1. The van der Waals surface area contributed by atoms with Crippen LogP contribution in [0.3, 0.4) is 0 Å². The van der Waals surface area contributed by atoms with Gasteiger partial charge in [-0.15, -0.1) is 0 Å². The zero-order valence-electron chi connectivity index (χ0n) is 15.2. The summed E-state index contributed by atoms with van der Waals surface area (Å²) in [6, 6.07) is 8.38. The summed E-state index contributed by atoms with van der Waals surface area (Å²) in [4.78, 5) is 16.2. The summed E-state index contributed by atoms with van der Waals surface area (Å²) in [5.41, 5.74) is 1.80. The second-order valence-corrected chi connectivity index (χ2v) is 6.83. The number of hydrogen-bond donors (Lipinski definition) is 1. The Morgan fingerprint density at radius 1 is 1.42 bits per heavy atom. The first kappa shape index (κ1) is 18.4. The predicted molar refractivity (Wildman–Crippen MR) is 96.4 cm³/mol. The van der Waals surface area contributed by atoms with Crippen molar-refractivity contribution in [3.05, 3.63) is 47.5 Å². The van der Waals surface area contributed by atoms with Crippen molar-refractivity contribution in [1.82, 2.24) is 20.0 Å². The molecule has 1 N–H and O–H groups in total. The Hall–Kier alpha value is -2.41. The zero-order valence-corrected chi connectivity index (χ0v) is 15.2. The largest absolute Gasteiger partial charge is 0.490 e. The van der Waals surface area contributed by atoms with E-state index in [1.165, 1.54) is 6.07 Å². The molecule has 1 amide bonds. The molecule has 140 valence electrons. The van der Waals surface area contributed by atoms with Crippen molar-refractivity contribution < 1.29 is 13.9 Å². The van der Waals surface area contributed by atoms with Crippen molar-refractivity contribution in [3.63, 3.8) is 0 Å². The van der Waals surface area contributed by atoms with Crippen LogP contribution in [0.15, 0.2) is 30.3 Å². The standard InChI is InChI=1S/C19H25FN4O2/c1-23(2)13-19(25)24-10-5-7-17(24)16-12-14(21-22-16)9-11-26-18-8-4-3-6-15(18)20/h3-4,6,8,12,17H,5,7,9-11,13H2,1-2H3,(H,21,22). The van der Waals surface area contributed by atoms with E-state index in [1.54, 1.807) is 18.2 Å². The van der Waals surface area contributed by atoms with Gasteiger partial charge in [0.25, 0.3) is 0 Å². The van der Waals surface area contributed by atoms with Gasteiger partial charge in [0.15, 0.2) is 11.6 Å². The second kappa shape index (κ2) is 8.31. The number of hydrogen-bond acceptors (Lipinski definition) is 4. The first-order valence-corrected chi connectivity index (χ1v) is 8.90. The Morgan fingerprint density at radius 2 is 2.23 bits per heavy atom. The third-order valence-corrected chi connectivity index (χ3v) is 4.48. The van der Waals surface area contributed by atoms with E-state index in [9.17, 15) is 9.18 Å². The highest BCUT2D eigenvalue weighted by Crippen LogP contribution is 2.31. The number of rotatable bonds is 7. The third-order valence-electron chi connectivity index (χ3n) is 4.48.